The van der Waals surface area contributed by atoms with Crippen LogP contribution in [0.15, 0.2) is 0 Å². The molecule has 1 heterocycles. The maximum atomic E-state index is 13.1. The van der Waals surface area contributed by atoms with Crippen molar-refractivity contribution in [2.75, 3.05) is 13.2 Å². The van der Waals surface area contributed by atoms with Crippen LogP contribution in [0.4, 0.5) is 0 Å². The zero-order valence-electron chi connectivity index (χ0n) is 50.4. The monoisotopic (exact) mass is 1080 g/mol. The molecule has 0 aromatic carbocycles. The van der Waals surface area contributed by atoms with Gasteiger partial charge in [0.25, 0.3) is 0 Å². The molecule has 10 heteroatoms. The van der Waals surface area contributed by atoms with Gasteiger partial charge in [0.2, 0.25) is 5.91 Å². The molecule has 0 spiro atoms. The van der Waals surface area contributed by atoms with E-state index in [1.54, 1.807) is 0 Å². The van der Waals surface area contributed by atoms with Crippen molar-refractivity contribution >= 4 is 5.91 Å². The molecule has 0 saturated carbocycles. The lowest BCUT2D eigenvalue weighted by Crippen LogP contribution is -2.60. The molecule has 1 rings (SSSR count). The summed E-state index contributed by atoms with van der Waals surface area (Å²) < 4.78 is 11.2. The molecule has 454 valence electrons. The van der Waals surface area contributed by atoms with Crippen LogP contribution in [-0.2, 0) is 14.3 Å². The first-order valence-corrected chi connectivity index (χ1v) is 33.8. The Bertz CT molecular complexity index is 1180. The first-order valence-electron chi connectivity index (χ1n) is 33.8. The number of carbonyl (C=O) groups excluding carboxylic acids is 1. The molecule has 0 aliphatic carbocycles. The second kappa shape index (κ2) is 56.0. The Morgan fingerprint density at radius 3 is 0.974 bits per heavy atom. The summed E-state index contributed by atoms with van der Waals surface area (Å²) in [5.41, 5.74) is 0. The molecule has 76 heavy (non-hydrogen) atoms. The molecule has 1 fully saturated rings. The van der Waals surface area contributed by atoms with Crippen LogP contribution in [0, 0.1) is 0 Å². The predicted octanol–water partition coefficient (Wildman–Crippen LogP) is 16.7. The average molecular weight is 1080 g/mol. The summed E-state index contributed by atoms with van der Waals surface area (Å²) in [7, 11) is 0. The summed E-state index contributed by atoms with van der Waals surface area (Å²) in [5.74, 6) is -0.248. The van der Waals surface area contributed by atoms with E-state index < -0.39 is 55.6 Å². The summed E-state index contributed by atoms with van der Waals surface area (Å²) in [5, 5.41) is 65.7. The number of unbranched alkanes of at least 4 members (excludes halogenated alkanes) is 49. The molecule has 0 aromatic heterocycles. The van der Waals surface area contributed by atoms with Crippen LogP contribution in [0.25, 0.3) is 0 Å². The number of ether oxygens (including phenoxy) is 2. The summed E-state index contributed by atoms with van der Waals surface area (Å²) >= 11 is 0. The Labute approximate surface area is 470 Å². The van der Waals surface area contributed by atoms with E-state index in [4.69, 9.17) is 9.47 Å². The Kier molecular flexibility index (Phi) is 53.9. The number of carbonyl (C=O) groups is 1. The Hall–Kier alpha value is -0.850. The van der Waals surface area contributed by atoms with E-state index in [1.807, 2.05) is 0 Å². The van der Waals surface area contributed by atoms with Crippen LogP contribution in [0.2, 0.25) is 0 Å². The molecule has 1 saturated heterocycles. The SMILES string of the molecule is CCCCCCCCCCCCCCCCCCCCCCCCCCCCCCCCCCCCCC(=O)N[C@@H](CO[C@@H]1O[C@H](CO)[C@H](O)C(O)C1O)[C@H](O)[C@H](O)CCCCCCCCCCCCCCCCCC. The minimum absolute atomic E-state index is 0.248. The van der Waals surface area contributed by atoms with E-state index in [0.29, 0.717) is 6.42 Å². The Morgan fingerprint density at radius 2 is 0.684 bits per heavy atom. The third-order valence-corrected chi connectivity index (χ3v) is 16.8. The maximum Gasteiger partial charge on any atom is 0.220 e. The zero-order chi connectivity index (χ0) is 55.2. The van der Waals surface area contributed by atoms with Gasteiger partial charge in [-0.1, -0.05) is 335 Å². The second-order valence-electron chi connectivity index (χ2n) is 24.1. The number of aliphatic hydroxyl groups excluding tert-OH is 6. The van der Waals surface area contributed by atoms with Crippen LogP contribution in [0.1, 0.15) is 354 Å². The smallest absolute Gasteiger partial charge is 0.220 e. The number of hydrogen-bond donors (Lipinski definition) is 7. The molecule has 2 unspecified atom stereocenters. The van der Waals surface area contributed by atoms with Crippen molar-refractivity contribution in [3.8, 4) is 0 Å². The molecular formula is C66H131NO9. The second-order valence-corrected chi connectivity index (χ2v) is 24.1. The summed E-state index contributed by atoms with van der Waals surface area (Å²) in [6, 6.07) is -0.987. The third kappa shape index (κ3) is 43.9. The number of aliphatic hydroxyl groups is 6. The normalized spacial score (nSPS) is 19.1. The van der Waals surface area contributed by atoms with Gasteiger partial charge in [-0.3, -0.25) is 4.79 Å². The summed E-state index contributed by atoms with van der Waals surface area (Å²) in [6.45, 7) is 3.67. The highest BCUT2D eigenvalue weighted by Gasteiger charge is 2.44. The number of nitrogens with one attached hydrogen (secondary N) is 1. The highest BCUT2D eigenvalue weighted by atomic mass is 16.7. The minimum Gasteiger partial charge on any atom is -0.394 e. The Morgan fingerprint density at radius 1 is 0.408 bits per heavy atom. The van der Waals surface area contributed by atoms with Crippen molar-refractivity contribution in [2.45, 2.75) is 403 Å². The highest BCUT2D eigenvalue weighted by molar-refractivity contribution is 5.76. The van der Waals surface area contributed by atoms with E-state index in [9.17, 15) is 35.4 Å². The first kappa shape index (κ1) is 73.2. The van der Waals surface area contributed by atoms with Gasteiger partial charge >= 0.3 is 0 Å². The Balaban J connectivity index is 2.09. The molecular weight excluding hydrogens is 951 g/mol. The van der Waals surface area contributed by atoms with Crippen LogP contribution in [-0.4, -0.2) is 98.7 Å². The quantitative estimate of drug-likeness (QED) is 0.0293. The van der Waals surface area contributed by atoms with Crippen LogP contribution in [0.5, 0.6) is 0 Å². The maximum absolute atomic E-state index is 13.1. The molecule has 0 radical (unpaired) electrons. The van der Waals surface area contributed by atoms with E-state index in [0.717, 1.165) is 38.5 Å². The fourth-order valence-electron chi connectivity index (χ4n) is 11.4. The van der Waals surface area contributed by atoms with Gasteiger partial charge < -0.3 is 45.4 Å². The van der Waals surface area contributed by atoms with Crippen LogP contribution >= 0.6 is 0 Å². The van der Waals surface area contributed by atoms with Crippen LogP contribution < -0.4 is 5.32 Å². The minimum atomic E-state index is -1.60. The molecule has 1 aliphatic rings. The zero-order valence-corrected chi connectivity index (χ0v) is 50.4. The van der Waals surface area contributed by atoms with Crippen molar-refractivity contribution in [3.63, 3.8) is 0 Å². The van der Waals surface area contributed by atoms with Gasteiger partial charge in [-0.05, 0) is 12.8 Å². The van der Waals surface area contributed by atoms with Crippen molar-refractivity contribution in [3.05, 3.63) is 0 Å². The van der Waals surface area contributed by atoms with Crippen molar-refractivity contribution in [1.29, 1.82) is 0 Å². The molecule has 1 amide bonds. The topological polar surface area (TPSA) is 169 Å². The van der Waals surface area contributed by atoms with E-state index in [2.05, 4.69) is 19.2 Å². The molecule has 8 atom stereocenters. The lowest BCUT2D eigenvalue weighted by atomic mass is 9.98. The number of hydrogen-bond acceptors (Lipinski definition) is 9. The lowest BCUT2D eigenvalue weighted by molar-refractivity contribution is -0.303. The van der Waals surface area contributed by atoms with E-state index in [-0.39, 0.29) is 18.9 Å². The van der Waals surface area contributed by atoms with Crippen LogP contribution in [0.3, 0.4) is 0 Å². The van der Waals surface area contributed by atoms with E-state index in [1.165, 1.54) is 289 Å². The molecule has 10 nitrogen and oxygen atoms in total. The largest absolute Gasteiger partial charge is 0.394 e. The van der Waals surface area contributed by atoms with Gasteiger partial charge in [0.15, 0.2) is 6.29 Å². The van der Waals surface area contributed by atoms with Gasteiger partial charge in [0, 0.05) is 6.42 Å². The molecule has 0 bridgehead atoms. The van der Waals surface area contributed by atoms with Crippen molar-refractivity contribution in [1.82, 2.24) is 5.32 Å². The molecule has 7 N–H and O–H groups in total. The predicted molar refractivity (Wildman–Crippen MR) is 320 cm³/mol. The standard InChI is InChI=1S/C66H131NO9/c1-3-5-7-9-11-13-15-17-19-21-22-23-24-25-26-27-28-29-30-31-32-33-34-35-36-37-38-39-41-43-45-47-49-51-53-55-61(70)67-58(57-75-66-65(74)64(73)63(72)60(56-68)76-66)62(71)59(69)54-52-50-48-46-44-42-40-20-18-16-14-12-10-8-6-4-2/h58-60,62-66,68-69,71-74H,3-57H2,1-2H3,(H,67,70)/t58-,59+,60+,62-,63-,64?,65?,66+/m0/s1. The fraction of sp³-hybridized carbons (Fsp3) is 0.985. The summed E-state index contributed by atoms with van der Waals surface area (Å²) in [6.07, 6.45) is 58.8. The van der Waals surface area contributed by atoms with Gasteiger partial charge in [0.1, 0.15) is 30.5 Å². The van der Waals surface area contributed by atoms with Gasteiger partial charge in [-0.25, -0.2) is 0 Å². The fourth-order valence-corrected chi connectivity index (χ4v) is 11.4. The number of amides is 1. The number of rotatable bonds is 60. The van der Waals surface area contributed by atoms with Gasteiger partial charge in [-0.15, -0.1) is 0 Å². The molecule has 1 aliphatic heterocycles. The molecule has 0 aromatic rings. The highest BCUT2D eigenvalue weighted by Crippen LogP contribution is 2.24. The average Bonchev–Trinajstić information content (AvgIpc) is 3.42. The van der Waals surface area contributed by atoms with Crippen molar-refractivity contribution < 1.29 is 44.9 Å². The third-order valence-electron chi connectivity index (χ3n) is 16.8. The summed E-state index contributed by atoms with van der Waals surface area (Å²) in [4.78, 5) is 13.1. The van der Waals surface area contributed by atoms with Gasteiger partial charge in [-0.2, -0.15) is 0 Å². The lowest BCUT2D eigenvalue weighted by Gasteiger charge is -2.40. The van der Waals surface area contributed by atoms with Gasteiger partial charge in [0.05, 0.1) is 25.4 Å². The van der Waals surface area contributed by atoms with E-state index >= 15 is 0 Å². The first-order chi connectivity index (χ1) is 37.3. The van der Waals surface area contributed by atoms with Crippen molar-refractivity contribution in [2.24, 2.45) is 0 Å².